The van der Waals surface area contributed by atoms with E-state index in [4.69, 9.17) is 0 Å². The van der Waals surface area contributed by atoms with E-state index >= 15 is 0 Å². The van der Waals surface area contributed by atoms with E-state index in [-0.39, 0.29) is 6.10 Å². The molecule has 160 valence electrons. The predicted octanol–water partition coefficient (Wildman–Crippen LogP) is 7.25. The lowest BCUT2D eigenvalue weighted by molar-refractivity contribution is 0.0383. The van der Waals surface area contributed by atoms with Crippen LogP contribution in [0.1, 0.15) is 79.6 Å². The van der Waals surface area contributed by atoms with Crippen LogP contribution in [-0.4, -0.2) is 11.2 Å². The van der Waals surface area contributed by atoms with Crippen molar-refractivity contribution in [1.29, 1.82) is 0 Å². The lowest BCUT2D eigenvalue weighted by Crippen LogP contribution is -2.46. The molecule has 0 heterocycles. The van der Waals surface area contributed by atoms with Gasteiger partial charge < -0.3 is 5.11 Å². The van der Waals surface area contributed by atoms with Gasteiger partial charge in [0.15, 0.2) is 0 Å². The van der Waals surface area contributed by atoms with Crippen LogP contribution in [-0.2, 0) is 0 Å². The smallest absolute Gasteiger partial charge is 0.0578 e. The number of allylic oxidation sites excluding steroid dienone is 6. The third-order valence-electron chi connectivity index (χ3n) is 9.61. The molecule has 0 radical (unpaired) electrons. The third-order valence-corrected chi connectivity index (χ3v) is 9.61. The van der Waals surface area contributed by atoms with Crippen LogP contribution in [0.15, 0.2) is 47.6 Å². The summed E-state index contributed by atoms with van der Waals surface area (Å²) in [5.74, 6) is 3.38. The van der Waals surface area contributed by atoms with E-state index in [1.165, 1.54) is 36.8 Å². The number of hydrogen-bond donors (Lipinski definition) is 1. The Bertz CT molecular complexity index is 752. The number of fused-ring (bicyclic) bond motifs is 5. The molecule has 0 aromatic heterocycles. The molecule has 4 aliphatic carbocycles. The highest BCUT2D eigenvalue weighted by molar-refractivity contribution is 5.39. The summed E-state index contributed by atoms with van der Waals surface area (Å²) in [6.07, 6.45) is 17.9. The lowest BCUT2D eigenvalue weighted by atomic mass is 9.50. The Morgan fingerprint density at radius 2 is 1.83 bits per heavy atom. The lowest BCUT2D eigenvalue weighted by Gasteiger charge is -2.55. The molecule has 29 heavy (non-hydrogen) atoms. The van der Waals surface area contributed by atoms with Crippen molar-refractivity contribution in [3.8, 4) is 0 Å². The molecule has 3 saturated carbocycles. The second-order valence-electron chi connectivity index (χ2n) is 11.5. The fourth-order valence-electron chi connectivity index (χ4n) is 7.49. The molecule has 1 nitrogen and oxygen atoms in total. The van der Waals surface area contributed by atoms with Crippen molar-refractivity contribution in [2.45, 2.75) is 85.7 Å². The summed E-state index contributed by atoms with van der Waals surface area (Å²) in [4.78, 5) is 0. The highest BCUT2D eigenvalue weighted by Gasteiger charge is 2.56. The standard InChI is InChI=1S/C28H42O/c1-18(2)19(3)7-8-20(4)24-11-12-25-23-10-9-21-17-22(29)13-15-27(21,5)26(23)14-16-28(24,25)6/h7-10,18,20,22,24-26,29H,3,11-17H2,1-2,4-6H3/b8-7+/t20-,22+,24?,25?,26?,27+,28-/m1/s1. The minimum absolute atomic E-state index is 0.123. The molecular formula is C28H42O. The molecular weight excluding hydrogens is 352 g/mol. The molecule has 3 fully saturated rings. The summed E-state index contributed by atoms with van der Waals surface area (Å²) in [5, 5.41) is 10.2. The van der Waals surface area contributed by atoms with Crippen LogP contribution in [0.2, 0.25) is 0 Å². The van der Waals surface area contributed by atoms with E-state index in [9.17, 15) is 5.11 Å². The maximum atomic E-state index is 10.2. The zero-order chi connectivity index (χ0) is 21.0. The van der Waals surface area contributed by atoms with Gasteiger partial charge in [-0.3, -0.25) is 0 Å². The molecule has 0 aromatic carbocycles. The van der Waals surface area contributed by atoms with Crippen LogP contribution in [0.5, 0.6) is 0 Å². The van der Waals surface area contributed by atoms with Gasteiger partial charge in [-0.1, -0.05) is 82.2 Å². The molecule has 0 spiro atoms. The second kappa shape index (κ2) is 7.56. The van der Waals surface area contributed by atoms with Gasteiger partial charge in [0.2, 0.25) is 0 Å². The Labute approximate surface area is 179 Å². The average Bonchev–Trinajstić information content (AvgIpc) is 3.03. The van der Waals surface area contributed by atoms with E-state index < -0.39 is 0 Å². The van der Waals surface area contributed by atoms with Crippen molar-refractivity contribution in [2.75, 3.05) is 0 Å². The quantitative estimate of drug-likeness (QED) is 0.498. The fourth-order valence-corrected chi connectivity index (χ4v) is 7.49. The van der Waals surface area contributed by atoms with Crippen molar-refractivity contribution in [2.24, 2.45) is 40.4 Å². The summed E-state index contributed by atoms with van der Waals surface area (Å²) in [5.41, 5.74) is 5.25. The molecule has 1 N–H and O–H groups in total. The van der Waals surface area contributed by atoms with E-state index in [0.29, 0.717) is 28.6 Å². The van der Waals surface area contributed by atoms with Gasteiger partial charge in [-0.25, -0.2) is 0 Å². The van der Waals surface area contributed by atoms with Gasteiger partial charge in [0.05, 0.1) is 6.10 Å². The first-order valence-electron chi connectivity index (χ1n) is 12.1. The molecule has 0 aromatic rings. The van der Waals surface area contributed by atoms with Crippen molar-refractivity contribution in [1.82, 2.24) is 0 Å². The summed E-state index contributed by atoms with van der Waals surface area (Å²) >= 11 is 0. The Morgan fingerprint density at radius 1 is 1.07 bits per heavy atom. The van der Waals surface area contributed by atoms with Crippen molar-refractivity contribution < 1.29 is 5.11 Å². The minimum atomic E-state index is -0.123. The Hall–Kier alpha value is -1.08. The molecule has 0 bridgehead atoms. The first-order chi connectivity index (χ1) is 13.7. The normalized spacial score (nSPS) is 42.7. The van der Waals surface area contributed by atoms with Crippen LogP contribution in [0, 0.1) is 40.4 Å². The Kier molecular flexibility index (Phi) is 5.52. The molecule has 0 aliphatic heterocycles. The third kappa shape index (κ3) is 3.42. The minimum Gasteiger partial charge on any atom is -0.393 e. The first kappa shape index (κ1) is 21.2. The zero-order valence-corrected chi connectivity index (χ0v) is 19.4. The topological polar surface area (TPSA) is 20.2 Å². The fraction of sp³-hybridized carbons (Fsp3) is 0.714. The van der Waals surface area contributed by atoms with Gasteiger partial charge in [-0.15, -0.1) is 0 Å². The van der Waals surface area contributed by atoms with Gasteiger partial charge >= 0.3 is 0 Å². The molecule has 7 atom stereocenters. The van der Waals surface area contributed by atoms with E-state index in [1.807, 2.05) is 0 Å². The average molecular weight is 395 g/mol. The predicted molar refractivity (Wildman–Crippen MR) is 123 cm³/mol. The van der Waals surface area contributed by atoms with E-state index in [1.54, 1.807) is 5.57 Å². The Morgan fingerprint density at radius 3 is 2.55 bits per heavy atom. The number of rotatable bonds is 4. The van der Waals surface area contributed by atoms with Gasteiger partial charge in [-0.05, 0) is 85.4 Å². The maximum absolute atomic E-state index is 10.2. The van der Waals surface area contributed by atoms with Crippen LogP contribution in [0.25, 0.3) is 0 Å². The molecule has 1 heteroatoms. The molecule has 4 aliphatic rings. The van der Waals surface area contributed by atoms with Crippen molar-refractivity contribution in [3.63, 3.8) is 0 Å². The highest BCUT2D eigenvalue weighted by atomic mass is 16.3. The van der Waals surface area contributed by atoms with Gasteiger partial charge in [0.25, 0.3) is 0 Å². The van der Waals surface area contributed by atoms with Gasteiger partial charge in [0.1, 0.15) is 0 Å². The second-order valence-corrected chi connectivity index (χ2v) is 11.5. The molecule has 3 unspecified atom stereocenters. The molecule has 0 saturated heterocycles. The van der Waals surface area contributed by atoms with Gasteiger partial charge in [-0.2, -0.15) is 0 Å². The van der Waals surface area contributed by atoms with Crippen LogP contribution in [0.4, 0.5) is 0 Å². The summed E-state index contributed by atoms with van der Waals surface area (Å²) in [7, 11) is 0. The summed E-state index contributed by atoms with van der Waals surface area (Å²) in [6.45, 7) is 16.2. The maximum Gasteiger partial charge on any atom is 0.0578 e. The Balaban J connectivity index is 1.57. The molecule has 4 rings (SSSR count). The SMILES string of the molecule is C=C(/C=C/[C@@H](C)C1CCC2C3=CC=C4C[C@@H](O)CC[C@]4(C)C3CC[C@@]21C)C(C)C. The largest absolute Gasteiger partial charge is 0.393 e. The number of hydrogen-bond acceptors (Lipinski definition) is 1. The van der Waals surface area contributed by atoms with Crippen molar-refractivity contribution >= 4 is 0 Å². The highest BCUT2D eigenvalue weighted by Crippen LogP contribution is 2.65. The monoisotopic (exact) mass is 394 g/mol. The molecule has 0 amide bonds. The first-order valence-corrected chi connectivity index (χ1v) is 12.1. The summed E-state index contributed by atoms with van der Waals surface area (Å²) < 4.78 is 0. The van der Waals surface area contributed by atoms with Crippen LogP contribution in [0.3, 0.4) is 0 Å². The van der Waals surface area contributed by atoms with Gasteiger partial charge in [0, 0.05) is 0 Å². The van der Waals surface area contributed by atoms with Crippen LogP contribution < -0.4 is 0 Å². The number of aliphatic hydroxyl groups is 1. The van der Waals surface area contributed by atoms with Crippen molar-refractivity contribution in [3.05, 3.63) is 47.6 Å². The van der Waals surface area contributed by atoms with E-state index in [0.717, 1.165) is 31.1 Å². The number of aliphatic hydroxyl groups excluding tert-OH is 1. The van der Waals surface area contributed by atoms with Crippen LogP contribution >= 0.6 is 0 Å². The zero-order valence-electron chi connectivity index (χ0n) is 19.4. The summed E-state index contributed by atoms with van der Waals surface area (Å²) in [6, 6.07) is 0. The van der Waals surface area contributed by atoms with E-state index in [2.05, 4.69) is 65.5 Å².